The first-order valence-electron chi connectivity index (χ1n) is 7.56. The van der Waals surface area contributed by atoms with Crippen LogP contribution in [0.4, 0.5) is 0 Å². The van der Waals surface area contributed by atoms with Crippen molar-refractivity contribution >= 4 is 0 Å². The van der Waals surface area contributed by atoms with Gasteiger partial charge in [-0.2, -0.15) is 0 Å². The number of allylic oxidation sites excluding steroid dienone is 3. The van der Waals surface area contributed by atoms with E-state index in [2.05, 4.69) is 6.92 Å². The number of hydrogen-bond donors (Lipinski definition) is 0. The first kappa shape index (κ1) is 19.6. The van der Waals surface area contributed by atoms with E-state index in [9.17, 15) is 0 Å². The van der Waals surface area contributed by atoms with Gasteiger partial charge in [0.2, 0.25) is 0 Å². The molecule has 0 aromatic rings. The molecule has 0 aliphatic heterocycles. The van der Waals surface area contributed by atoms with Crippen LogP contribution in [0.5, 0.6) is 0 Å². The zero-order valence-electron chi connectivity index (χ0n) is 14.8. The molecule has 0 spiro atoms. The van der Waals surface area contributed by atoms with Gasteiger partial charge in [-0.1, -0.05) is 6.92 Å². The van der Waals surface area contributed by atoms with Gasteiger partial charge in [-0.3, -0.25) is 0 Å². The molecule has 0 N–H and O–H groups in total. The zero-order valence-corrected chi connectivity index (χ0v) is 14.8. The lowest BCUT2D eigenvalue weighted by Gasteiger charge is -2.30. The van der Waals surface area contributed by atoms with Crippen LogP contribution in [0.2, 0.25) is 0 Å². The quantitative estimate of drug-likeness (QED) is 0.518. The van der Waals surface area contributed by atoms with Crippen molar-refractivity contribution in [3.63, 3.8) is 0 Å². The molecule has 3 heteroatoms. The van der Waals surface area contributed by atoms with Crippen LogP contribution >= 0.6 is 0 Å². The highest BCUT2D eigenvalue weighted by atomic mass is 16.5. The van der Waals surface area contributed by atoms with Crippen molar-refractivity contribution in [3.8, 4) is 0 Å². The molecular weight excluding hydrogens is 264 g/mol. The van der Waals surface area contributed by atoms with E-state index in [1.54, 1.807) is 18.8 Å². The van der Waals surface area contributed by atoms with Crippen molar-refractivity contribution in [1.29, 1.82) is 0 Å². The highest BCUT2D eigenvalue weighted by Gasteiger charge is 2.31. The Morgan fingerprint density at radius 2 is 0.952 bits per heavy atom. The Morgan fingerprint density at radius 1 is 0.667 bits per heavy atom. The minimum atomic E-state index is -0.149. The summed E-state index contributed by atoms with van der Waals surface area (Å²) >= 11 is 0. The molecule has 3 nitrogen and oxygen atoms in total. The summed E-state index contributed by atoms with van der Waals surface area (Å²) in [5.74, 6) is 0. The second-order valence-electron chi connectivity index (χ2n) is 6.37. The van der Waals surface area contributed by atoms with Gasteiger partial charge in [-0.15, -0.1) is 0 Å². The lowest BCUT2D eigenvalue weighted by Crippen LogP contribution is -2.35. The van der Waals surface area contributed by atoms with Crippen LogP contribution in [0.25, 0.3) is 0 Å². The summed E-state index contributed by atoms with van der Waals surface area (Å²) in [6, 6.07) is 0. The first-order valence-corrected chi connectivity index (χ1v) is 7.56. The SMILES string of the molecule is CCC(COC=C(C)C)(COC=C(C)C)COC=C(C)C. The molecule has 0 atom stereocenters. The minimum Gasteiger partial charge on any atom is -0.500 e. The maximum absolute atomic E-state index is 5.70. The fraction of sp³-hybridized carbons (Fsp3) is 0.667. The van der Waals surface area contributed by atoms with Gasteiger partial charge in [0.05, 0.1) is 44.0 Å². The molecule has 122 valence electrons. The van der Waals surface area contributed by atoms with Gasteiger partial charge in [0, 0.05) is 0 Å². The third-order valence-electron chi connectivity index (χ3n) is 2.88. The van der Waals surface area contributed by atoms with Crippen molar-refractivity contribution in [1.82, 2.24) is 0 Å². The van der Waals surface area contributed by atoms with E-state index in [4.69, 9.17) is 14.2 Å². The standard InChI is InChI=1S/C18H32O3/c1-8-18(12-19-9-15(2)3,13-20-10-16(4)5)14-21-11-17(6)7/h9-11H,8,12-14H2,1-7H3. The summed E-state index contributed by atoms with van der Waals surface area (Å²) in [6.45, 7) is 16.0. The van der Waals surface area contributed by atoms with Gasteiger partial charge in [0.1, 0.15) is 0 Å². The maximum Gasteiger partial charge on any atom is 0.0994 e. The van der Waals surface area contributed by atoms with Gasteiger partial charge < -0.3 is 14.2 Å². The Morgan fingerprint density at radius 3 is 1.14 bits per heavy atom. The topological polar surface area (TPSA) is 27.7 Å². The van der Waals surface area contributed by atoms with E-state index < -0.39 is 0 Å². The van der Waals surface area contributed by atoms with Crippen molar-refractivity contribution in [3.05, 3.63) is 35.5 Å². The maximum atomic E-state index is 5.70. The molecule has 0 saturated heterocycles. The number of ether oxygens (including phenoxy) is 3. The Bertz CT molecular complexity index is 311. The van der Waals surface area contributed by atoms with E-state index in [0.717, 1.165) is 23.1 Å². The Labute approximate surface area is 130 Å². The predicted octanol–water partition coefficient (Wildman–Crippen LogP) is 5.20. The summed E-state index contributed by atoms with van der Waals surface area (Å²) < 4.78 is 17.1. The average Bonchev–Trinajstić information content (AvgIpc) is 2.36. The molecule has 0 saturated carbocycles. The van der Waals surface area contributed by atoms with E-state index in [1.807, 2.05) is 41.5 Å². The smallest absolute Gasteiger partial charge is 0.0994 e. The highest BCUT2D eigenvalue weighted by Crippen LogP contribution is 2.25. The van der Waals surface area contributed by atoms with Gasteiger partial charge >= 0.3 is 0 Å². The van der Waals surface area contributed by atoms with E-state index in [1.165, 1.54) is 0 Å². The Kier molecular flexibility index (Phi) is 9.68. The van der Waals surface area contributed by atoms with Crippen LogP contribution < -0.4 is 0 Å². The number of rotatable bonds is 10. The molecule has 0 fully saturated rings. The van der Waals surface area contributed by atoms with Crippen LogP contribution in [0.3, 0.4) is 0 Å². The van der Waals surface area contributed by atoms with Crippen LogP contribution in [-0.4, -0.2) is 19.8 Å². The second-order valence-corrected chi connectivity index (χ2v) is 6.37. The lowest BCUT2D eigenvalue weighted by atomic mass is 9.88. The van der Waals surface area contributed by atoms with Crippen LogP contribution in [0, 0.1) is 5.41 Å². The zero-order chi connectivity index (χ0) is 16.3. The average molecular weight is 296 g/mol. The van der Waals surface area contributed by atoms with Gasteiger partial charge in [0.25, 0.3) is 0 Å². The molecule has 0 aliphatic carbocycles. The molecule has 0 unspecified atom stereocenters. The Hall–Kier alpha value is -1.38. The minimum absolute atomic E-state index is 0.149. The first-order chi connectivity index (χ1) is 9.81. The van der Waals surface area contributed by atoms with Crippen LogP contribution in [0.15, 0.2) is 35.5 Å². The molecular formula is C18H32O3. The van der Waals surface area contributed by atoms with Crippen molar-refractivity contribution in [2.75, 3.05) is 19.8 Å². The highest BCUT2D eigenvalue weighted by molar-refractivity contribution is 4.91. The monoisotopic (exact) mass is 296 g/mol. The molecule has 0 rings (SSSR count). The van der Waals surface area contributed by atoms with Crippen LogP contribution in [-0.2, 0) is 14.2 Å². The molecule has 0 radical (unpaired) electrons. The fourth-order valence-corrected chi connectivity index (χ4v) is 1.59. The van der Waals surface area contributed by atoms with Crippen LogP contribution in [0.1, 0.15) is 54.9 Å². The summed E-state index contributed by atoms with van der Waals surface area (Å²) in [6.07, 6.45) is 6.32. The fourth-order valence-electron chi connectivity index (χ4n) is 1.59. The summed E-state index contributed by atoms with van der Waals surface area (Å²) in [5.41, 5.74) is 3.30. The molecule has 0 aromatic heterocycles. The summed E-state index contributed by atoms with van der Waals surface area (Å²) in [4.78, 5) is 0. The Balaban J connectivity index is 4.77. The van der Waals surface area contributed by atoms with Crippen molar-refractivity contribution < 1.29 is 14.2 Å². The molecule has 0 amide bonds. The third-order valence-corrected chi connectivity index (χ3v) is 2.88. The third kappa shape index (κ3) is 10.1. The van der Waals surface area contributed by atoms with E-state index in [-0.39, 0.29) is 5.41 Å². The van der Waals surface area contributed by atoms with Gasteiger partial charge in [0.15, 0.2) is 0 Å². The van der Waals surface area contributed by atoms with E-state index in [0.29, 0.717) is 19.8 Å². The normalized spacial score (nSPS) is 10.4. The van der Waals surface area contributed by atoms with E-state index >= 15 is 0 Å². The lowest BCUT2D eigenvalue weighted by molar-refractivity contribution is -0.0134. The summed E-state index contributed by atoms with van der Waals surface area (Å²) in [5, 5.41) is 0. The second kappa shape index (κ2) is 10.4. The van der Waals surface area contributed by atoms with Gasteiger partial charge in [-0.05, 0) is 64.7 Å². The molecule has 0 aromatic carbocycles. The largest absolute Gasteiger partial charge is 0.500 e. The molecule has 0 aliphatic rings. The number of hydrogen-bond acceptors (Lipinski definition) is 3. The molecule has 21 heavy (non-hydrogen) atoms. The van der Waals surface area contributed by atoms with Crippen molar-refractivity contribution in [2.24, 2.45) is 5.41 Å². The van der Waals surface area contributed by atoms with Gasteiger partial charge in [-0.25, -0.2) is 0 Å². The summed E-state index contributed by atoms with van der Waals surface area (Å²) in [7, 11) is 0. The predicted molar refractivity (Wildman–Crippen MR) is 88.9 cm³/mol. The molecule has 0 bridgehead atoms. The van der Waals surface area contributed by atoms with Crippen molar-refractivity contribution in [2.45, 2.75) is 54.9 Å². The molecule has 0 heterocycles.